The van der Waals surface area contributed by atoms with Crippen molar-refractivity contribution in [3.05, 3.63) is 62.8 Å². The molecule has 2 rings (SSSR count). The summed E-state index contributed by atoms with van der Waals surface area (Å²) in [6, 6.07) is 10.6. The third-order valence-corrected chi connectivity index (χ3v) is 3.73. The number of hydrogen-bond acceptors (Lipinski definition) is 1. The van der Waals surface area contributed by atoms with Crippen molar-refractivity contribution >= 4 is 33.2 Å². The first-order valence-corrected chi connectivity index (χ1v) is 7.12. The van der Waals surface area contributed by atoms with E-state index in [2.05, 4.69) is 21.2 Å². The summed E-state index contributed by atoms with van der Waals surface area (Å²) < 4.78 is 14.6. The first-order valence-electron chi connectivity index (χ1n) is 5.95. The van der Waals surface area contributed by atoms with Crippen molar-refractivity contribution in [1.82, 2.24) is 0 Å². The van der Waals surface area contributed by atoms with Gasteiger partial charge in [0.25, 0.3) is 0 Å². The average molecular weight is 343 g/mol. The van der Waals surface area contributed by atoms with Crippen LogP contribution in [-0.4, -0.2) is 0 Å². The minimum Gasteiger partial charge on any atom is -0.378 e. The molecule has 0 bridgehead atoms. The van der Waals surface area contributed by atoms with Gasteiger partial charge in [-0.25, -0.2) is 4.39 Å². The van der Waals surface area contributed by atoms with E-state index in [1.807, 2.05) is 38.1 Å². The zero-order valence-electron chi connectivity index (χ0n) is 10.7. The van der Waals surface area contributed by atoms with Crippen molar-refractivity contribution in [2.24, 2.45) is 0 Å². The molecule has 0 amide bonds. The van der Waals surface area contributed by atoms with Crippen LogP contribution in [0.5, 0.6) is 0 Å². The summed E-state index contributed by atoms with van der Waals surface area (Å²) in [7, 11) is 0. The standard InChI is InChI=1S/C15H14BrClFN/c1-9-3-5-12(17)8-15(9)19-10(2)13-6-4-11(16)7-14(13)18/h3-8,10,19H,1-2H3. The molecule has 0 aromatic heterocycles. The maximum Gasteiger partial charge on any atom is 0.129 e. The van der Waals surface area contributed by atoms with Gasteiger partial charge in [-0.2, -0.15) is 0 Å². The Kier molecular flexibility index (Phi) is 4.48. The minimum atomic E-state index is -0.228. The Balaban J connectivity index is 2.25. The van der Waals surface area contributed by atoms with E-state index in [1.54, 1.807) is 6.07 Å². The van der Waals surface area contributed by atoms with Gasteiger partial charge >= 0.3 is 0 Å². The summed E-state index contributed by atoms with van der Waals surface area (Å²) >= 11 is 9.23. The lowest BCUT2D eigenvalue weighted by molar-refractivity contribution is 0.599. The van der Waals surface area contributed by atoms with Gasteiger partial charge in [-0.05, 0) is 43.7 Å². The van der Waals surface area contributed by atoms with Crippen molar-refractivity contribution in [3.63, 3.8) is 0 Å². The van der Waals surface area contributed by atoms with Crippen LogP contribution in [0.25, 0.3) is 0 Å². The second kappa shape index (κ2) is 5.93. The Labute approximate surface area is 125 Å². The van der Waals surface area contributed by atoms with E-state index in [-0.39, 0.29) is 11.9 Å². The monoisotopic (exact) mass is 341 g/mol. The first-order chi connectivity index (χ1) is 8.97. The van der Waals surface area contributed by atoms with Gasteiger partial charge in [-0.3, -0.25) is 0 Å². The minimum absolute atomic E-state index is 0.134. The Morgan fingerprint density at radius 2 is 1.95 bits per heavy atom. The van der Waals surface area contributed by atoms with Crippen LogP contribution in [0.15, 0.2) is 40.9 Å². The summed E-state index contributed by atoms with van der Waals surface area (Å²) in [5, 5.41) is 3.95. The van der Waals surface area contributed by atoms with Gasteiger partial charge in [0.2, 0.25) is 0 Å². The Bertz CT molecular complexity index is 601. The molecule has 0 saturated carbocycles. The molecule has 0 saturated heterocycles. The predicted molar refractivity (Wildman–Crippen MR) is 82.3 cm³/mol. The van der Waals surface area contributed by atoms with Crippen molar-refractivity contribution in [2.75, 3.05) is 5.32 Å². The topological polar surface area (TPSA) is 12.0 Å². The van der Waals surface area contributed by atoms with E-state index in [9.17, 15) is 4.39 Å². The molecule has 0 fully saturated rings. The third kappa shape index (κ3) is 3.48. The molecule has 0 radical (unpaired) electrons. The van der Waals surface area contributed by atoms with E-state index in [0.29, 0.717) is 10.6 Å². The van der Waals surface area contributed by atoms with Gasteiger partial charge < -0.3 is 5.32 Å². The van der Waals surface area contributed by atoms with Crippen molar-refractivity contribution in [3.8, 4) is 0 Å². The molecule has 1 atom stereocenters. The second-order valence-electron chi connectivity index (χ2n) is 4.49. The summed E-state index contributed by atoms with van der Waals surface area (Å²) in [6.45, 7) is 3.91. The number of aryl methyl sites for hydroxylation is 1. The maximum absolute atomic E-state index is 13.9. The van der Waals surface area contributed by atoms with Crippen molar-refractivity contribution < 1.29 is 4.39 Å². The fourth-order valence-corrected chi connectivity index (χ4v) is 2.42. The van der Waals surface area contributed by atoms with Crippen molar-refractivity contribution in [2.45, 2.75) is 19.9 Å². The van der Waals surface area contributed by atoms with Crippen LogP contribution in [0.3, 0.4) is 0 Å². The van der Waals surface area contributed by atoms with E-state index in [4.69, 9.17) is 11.6 Å². The molecule has 19 heavy (non-hydrogen) atoms. The molecule has 0 aliphatic heterocycles. The van der Waals surface area contributed by atoms with E-state index in [0.717, 1.165) is 15.7 Å². The summed E-state index contributed by atoms with van der Waals surface area (Å²) in [6.07, 6.45) is 0. The lowest BCUT2D eigenvalue weighted by atomic mass is 10.1. The molecule has 2 aromatic carbocycles. The highest BCUT2D eigenvalue weighted by Gasteiger charge is 2.12. The van der Waals surface area contributed by atoms with E-state index >= 15 is 0 Å². The number of halogens is 3. The lowest BCUT2D eigenvalue weighted by Gasteiger charge is -2.18. The molecular weight excluding hydrogens is 329 g/mol. The maximum atomic E-state index is 13.9. The van der Waals surface area contributed by atoms with Crippen LogP contribution in [0, 0.1) is 12.7 Å². The summed E-state index contributed by atoms with van der Waals surface area (Å²) in [5.41, 5.74) is 2.62. The van der Waals surface area contributed by atoms with E-state index < -0.39 is 0 Å². The molecule has 0 aliphatic carbocycles. The second-order valence-corrected chi connectivity index (χ2v) is 5.84. The molecule has 0 heterocycles. The van der Waals surface area contributed by atoms with Gasteiger partial charge in [-0.15, -0.1) is 0 Å². The quantitative estimate of drug-likeness (QED) is 0.752. The molecule has 2 aromatic rings. The molecule has 0 aliphatic rings. The van der Waals surface area contributed by atoms with Crippen LogP contribution >= 0.6 is 27.5 Å². The average Bonchev–Trinajstić information content (AvgIpc) is 2.33. The highest BCUT2D eigenvalue weighted by atomic mass is 79.9. The van der Waals surface area contributed by atoms with Gasteiger partial charge in [0.1, 0.15) is 5.82 Å². The van der Waals surface area contributed by atoms with Gasteiger partial charge in [0, 0.05) is 20.7 Å². The van der Waals surface area contributed by atoms with Crippen LogP contribution in [0.4, 0.5) is 10.1 Å². The highest BCUT2D eigenvalue weighted by Crippen LogP contribution is 2.27. The molecule has 0 spiro atoms. The Morgan fingerprint density at radius 3 is 2.63 bits per heavy atom. The predicted octanol–water partition coefficient (Wildman–Crippen LogP) is 5.72. The fraction of sp³-hybridized carbons (Fsp3) is 0.200. The molecule has 1 nitrogen and oxygen atoms in total. The van der Waals surface area contributed by atoms with Crippen LogP contribution in [0.2, 0.25) is 5.02 Å². The zero-order valence-corrected chi connectivity index (χ0v) is 13.0. The summed E-state index contributed by atoms with van der Waals surface area (Å²) in [4.78, 5) is 0. The highest BCUT2D eigenvalue weighted by molar-refractivity contribution is 9.10. The van der Waals surface area contributed by atoms with E-state index in [1.165, 1.54) is 6.07 Å². The normalized spacial score (nSPS) is 12.3. The number of hydrogen-bond donors (Lipinski definition) is 1. The van der Waals surface area contributed by atoms with Gasteiger partial charge in [0.15, 0.2) is 0 Å². The summed E-state index contributed by atoms with van der Waals surface area (Å²) in [5.74, 6) is -0.228. The van der Waals surface area contributed by atoms with Gasteiger partial charge in [0.05, 0.1) is 6.04 Å². The lowest BCUT2D eigenvalue weighted by Crippen LogP contribution is -2.09. The Hall–Kier alpha value is -1.06. The van der Waals surface area contributed by atoms with Crippen LogP contribution in [-0.2, 0) is 0 Å². The molecule has 100 valence electrons. The SMILES string of the molecule is Cc1ccc(Cl)cc1NC(C)c1ccc(Br)cc1F. The number of anilines is 1. The number of rotatable bonds is 3. The molecular formula is C15H14BrClFN. The number of nitrogens with one attached hydrogen (secondary N) is 1. The first kappa shape index (κ1) is 14.4. The van der Waals surface area contributed by atoms with Crippen molar-refractivity contribution in [1.29, 1.82) is 0 Å². The zero-order chi connectivity index (χ0) is 14.0. The fourth-order valence-electron chi connectivity index (χ4n) is 1.91. The smallest absolute Gasteiger partial charge is 0.129 e. The Morgan fingerprint density at radius 1 is 1.21 bits per heavy atom. The third-order valence-electron chi connectivity index (χ3n) is 3.00. The molecule has 1 unspecified atom stereocenters. The van der Waals surface area contributed by atoms with Gasteiger partial charge in [-0.1, -0.05) is 39.7 Å². The molecule has 4 heteroatoms. The molecule has 1 N–H and O–H groups in total. The number of benzene rings is 2. The largest absolute Gasteiger partial charge is 0.378 e. The van der Waals surface area contributed by atoms with Crippen LogP contribution in [0.1, 0.15) is 24.1 Å². The van der Waals surface area contributed by atoms with Crippen LogP contribution < -0.4 is 5.32 Å².